The van der Waals surface area contributed by atoms with Gasteiger partial charge in [-0.2, -0.15) is 0 Å². The lowest BCUT2D eigenvalue weighted by Gasteiger charge is -2.10. The molecule has 2 aromatic carbocycles. The number of aromatic nitrogens is 3. The first kappa shape index (κ1) is 23.2. The molecule has 0 spiro atoms. The number of alkyl halides is 1. The molecular weight excluding hydrogens is 479 g/mol. The first-order valence-corrected chi connectivity index (χ1v) is 11.9. The van der Waals surface area contributed by atoms with Crippen molar-refractivity contribution in [1.29, 1.82) is 0 Å². The largest absolute Gasteiger partial charge is 0.394 e. The summed E-state index contributed by atoms with van der Waals surface area (Å²) in [6, 6.07) is 19.5. The Hall–Kier alpha value is -4.57. The maximum atomic E-state index is 14.9. The second-order valence-electron chi connectivity index (χ2n) is 8.02. The van der Waals surface area contributed by atoms with Crippen molar-refractivity contribution in [3.05, 3.63) is 101 Å². The zero-order valence-electron chi connectivity index (χ0n) is 18.9. The van der Waals surface area contributed by atoms with E-state index in [1.807, 2.05) is 30.3 Å². The molecule has 0 aliphatic heterocycles. The third kappa shape index (κ3) is 4.93. The van der Waals surface area contributed by atoms with Crippen LogP contribution in [0.15, 0.2) is 85.3 Å². The molecule has 0 unspecified atom stereocenters. The number of amides is 2. The molecule has 0 aliphatic carbocycles. The smallest absolute Gasteiger partial charge is 0.267 e. The highest BCUT2D eigenvalue weighted by Gasteiger charge is 2.21. The Bertz CT molecular complexity index is 1530. The van der Waals surface area contributed by atoms with Crippen molar-refractivity contribution in [3.8, 4) is 5.69 Å². The molecule has 5 rings (SSSR count). The Morgan fingerprint density at radius 1 is 1.08 bits per heavy atom. The van der Waals surface area contributed by atoms with Crippen LogP contribution in [0.3, 0.4) is 0 Å². The number of para-hydroxylation sites is 1. The summed E-state index contributed by atoms with van der Waals surface area (Å²) in [5.41, 5.74) is 8.17. The molecule has 3 heterocycles. The second kappa shape index (κ2) is 9.96. The van der Waals surface area contributed by atoms with E-state index < -0.39 is 12.1 Å². The van der Waals surface area contributed by atoms with E-state index in [9.17, 15) is 14.0 Å². The van der Waals surface area contributed by atoms with Crippen molar-refractivity contribution in [3.63, 3.8) is 0 Å². The molecule has 0 aliphatic rings. The monoisotopic (exact) mass is 500 g/mol. The number of nitrogens with one attached hydrogen (secondary N) is 2. The van der Waals surface area contributed by atoms with Crippen LogP contribution in [0.1, 0.15) is 27.0 Å². The maximum Gasteiger partial charge on any atom is 0.267 e. The molecule has 0 fully saturated rings. The van der Waals surface area contributed by atoms with Gasteiger partial charge < -0.3 is 16.4 Å². The third-order valence-corrected chi connectivity index (χ3v) is 6.57. The molecule has 8 nitrogen and oxygen atoms in total. The summed E-state index contributed by atoms with van der Waals surface area (Å²) >= 11 is 1.19. The number of thiophene rings is 1. The molecule has 36 heavy (non-hydrogen) atoms. The van der Waals surface area contributed by atoms with E-state index in [1.165, 1.54) is 11.3 Å². The fraction of sp³-hybridized carbons (Fsp3) is 0.0769. The van der Waals surface area contributed by atoms with E-state index in [0.29, 0.717) is 15.3 Å². The minimum Gasteiger partial charge on any atom is -0.394 e. The molecule has 10 heteroatoms. The van der Waals surface area contributed by atoms with Crippen molar-refractivity contribution < 1.29 is 14.0 Å². The molecule has 2 amide bonds. The number of pyridine rings is 1. The van der Waals surface area contributed by atoms with Crippen LogP contribution in [-0.2, 0) is 11.3 Å². The number of benzene rings is 2. The van der Waals surface area contributed by atoms with Crippen LogP contribution in [0.2, 0.25) is 0 Å². The maximum absolute atomic E-state index is 14.9. The van der Waals surface area contributed by atoms with Gasteiger partial charge in [-0.1, -0.05) is 36.4 Å². The van der Waals surface area contributed by atoms with Crippen LogP contribution in [-0.4, -0.2) is 26.6 Å². The summed E-state index contributed by atoms with van der Waals surface area (Å²) in [4.78, 5) is 29.6. The van der Waals surface area contributed by atoms with Gasteiger partial charge in [-0.25, -0.2) is 9.07 Å². The van der Waals surface area contributed by atoms with Gasteiger partial charge in [0.15, 0.2) is 5.82 Å². The van der Waals surface area contributed by atoms with Crippen LogP contribution in [0, 0.1) is 0 Å². The van der Waals surface area contributed by atoms with Crippen molar-refractivity contribution in [2.75, 3.05) is 11.1 Å². The van der Waals surface area contributed by atoms with Crippen LogP contribution in [0.4, 0.5) is 15.9 Å². The van der Waals surface area contributed by atoms with E-state index >= 15 is 0 Å². The summed E-state index contributed by atoms with van der Waals surface area (Å²) in [6.45, 7) is 0.182. The van der Waals surface area contributed by atoms with Crippen molar-refractivity contribution in [2.45, 2.75) is 12.7 Å². The van der Waals surface area contributed by atoms with Gasteiger partial charge in [-0.3, -0.25) is 14.6 Å². The predicted molar refractivity (Wildman–Crippen MR) is 138 cm³/mol. The number of nitrogens with zero attached hydrogens (tertiary/aromatic N) is 3. The van der Waals surface area contributed by atoms with Gasteiger partial charge in [-0.15, -0.1) is 16.4 Å². The van der Waals surface area contributed by atoms with Gasteiger partial charge in [-0.05, 0) is 46.8 Å². The summed E-state index contributed by atoms with van der Waals surface area (Å²) in [7, 11) is 0. The van der Waals surface area contributed by atoms with Gasteiger partial charge >= 0.3 is 0 Å². The summed E-state index contributed by atoms with van der Waals surface area (Å²) < 4.78 is 17.1. The Morgan fingerprint density at radius 2 is 1.92 bits per heavy atom. The molecule has 180 valence electrons. The van der Waals surface area contributed by atoms with Gasteiger partial charge in [0, 0.05) is 23.6 Å². The predicted octanol–water partition coefficient (Wildman–Crippen LogP) is 4.64. The normalized spacial score (nSPS) is 11.8. The number of carbonyl (C=O) groups is 2. The van der Waals surface area contributed by atoms with Gasteiger partial charge in [0.2, 0.25) is 6.17 Å². The number of anilines is 2. The average molecular weight is 501 g/mol. The second-order valence-corrected chi connectivity index (χ2v) is 9.10. The molecule has 3 aromatic heterocycles. The highest BCUT2D eigenvalue weighted by molar-refractivity contribution is 7.20. The van der Waals surface area contributed by atoms with Gasteiger partial charge in [0.1, 0.15) is 0 Å². The fourth-order valence-electron chi connectivity index (χ4n) is 3.62. The molecule has 0 bridgehead atoms. The summed E-state index contributed by atoms with van der Waals surface area (Å²) in [5, 5.41) is 10.4. The average Bonchev–Trinajstić information content (AvgIpc) is 3.51. The molecule has 1 atom stereocenters. The quantitative estimate of drug-likeness (QED) is 0.301. The number of rotatable bonds is 7. The Kier molecular flexibility index (Phi) is 6.42. The Labute approximate surface area is 209 Å². The SMILES string of the molecule is Nc1cn(-c2ccccc2)nc1NC(=O)c1cc2ccc([C@@H](F)C(=O)NCc3cccnc3)cc2s1. The van der Waals surface area contributed by atoms with Gasteiger partial charge in [0.05, 0.1) is 22.4 Å². The number of hydrogen-bond acceptors (Lipinski definition) is 6. The first-order chi connectivity index (χ1) is 17.5. The summed E-state index contributed by atoms with van der Waals surface area (Å²) in [5.74, 6) is -0.873. The van der Waals surface area contributed by atoms with Crippen LogP contribution < -0.4 is 16.4 Å². The topological polar surface area (TPSA) is 115 Å². The fourth-order valence-corrected chi connectivity index (χ4v) is 4.62. The lowest BCUT2D eigenvalue weighted by Crippen LogP contribution is -2.26. The molecule has 0 saturated carbocycles. The van der Waals surface area contributed by atoms with Gasteiger partial charge in [0.25, 0.3) is 11.8 Å². The lowest BCUT2D eigenvalue weighted by atomic mass is 10.1. The standard InChI is InChI=1S/C26H21FN6O2S/c27-23(26(35)30-14-16-5-4-10-29-13-16)18-9-8-17-11-22(36-21(17)12-18)25(34)31-24-20(28)15-33(32-24)19-6-2-1-3-7-19/h1-13,15,23H,14,28H2,(H,30,35)(H,31,32,34)/t23-/m1/s1. The lowest BCUT2D eigenvalue weighted by molar-refractivity contribution is -0.126. The molecular formula is C26H21FN6O2S. The van der Waals surface area contributed by atoms with Crippen LogP contribution in [0.5, 0.6) is 0 Å². The van der Waals surface area contributed by atoms with Crippen LogP contribution >= 0.6 is 11.3 Å². The minimum absolute atomic E-state index is 0.182. The summed E-state index contributed by atoms with van der Waals surface area (Å²) in [6.07, 6.45) is 3.02. The van der Waals surface area contributed by atoms with E-state index in [2.05, 4.69) is 20.7 Å². The van der Waals surface area contributed by atoms with E-state index in [4.69, 9.17) is 5.73 Å². The number of halogens is 1. The van der Waals surface area contributed by atoms with Crippen molar-refractivity contribution >= 4 is 44.7 Å². The molecule has 0 saturated heterocycles. The molecule has 0 radical (unpaired) electrons. The van der Waals surface area contributed by atoms with E-state index in [1.54, 1.807) is 59.7 Å². The van der Waals surface area contributed by atoms with Crippen molar-refractivity contribution in [2.24, 2.45) is 0 Å². The number of fused-ring (bicyclic) bond motifs is 1. The number of nitrogens with two attached hydrogens (primary N) is 1. The minimum atomic E-state index is -1.84. The van der Waals surface area contributed by atoms with E-state index in [0.717, 1.165) is 16.6 Å². The molecule has 5 aromatic rings. The van der Waals surface area contributed by atoms with E-state index in [-0.39, 0.29) is 23.8 Å². The zero-order valence-corrected chi connectivity index (χ0v) is 19.7. The highest BCUT2D eigenvalue weighted by Crippen LogP contribution is 2.31. The highest BCUT2D eigenvalue weighted by atomic mass is 32.1. The van der Waals surface area contributed by atoms with Crippen LogP contribution in [0.25, 0.3) is 15.8 Å². The third-order valence-electron chi connectivity index (χ3n) is 5.48. The molecule has 4 N–H and O–H groups in total. The Morgan fingerprint density at radius 3 is 2.69 bits per heavy atom. The zero-order chi connectivity index (χ0) is 25.1. The number of nitrogen functional groups attached to an aromatic ring is 1. The van der Waals surface area contributed by atoms with Crippen molar-refractivity contribution in [1.82, 2.24) is 20.1 Å². The Balaban J connectivity index is 1.28. The number of hydrogen-bond donors (Lipinski definition) is 3. The first-order valence-electron chi connectivity index (χ1n) is 11.0. The number of carbonyl (C=O) groups excluding carboxylic acids is 2.